The van der Waals surface area contributed by atoms with Crippen LogP contribution in [0.3, 0.4) is 0 Å². The van der Waals surface area contributed by atoms with E-state index >= 15 is 0 Å². The van der Waals surface area contributed by atoms with Crippen molar-refractivity contribution in [2.45, 2.75) is 95.9 Å². The van der Waals surface area contributed by atoms with Crippen LogP contribution in [0.2, 0.25) is 0 Å². The van der Waals surface area contributed by atoms with Gasteiger partial charge in [0.1, 0.15) is 18.3 Å². The molecule has 0 aromatic rings. The summed E-state index contributed by atoms with van der Waals surface area (Å²) >= 11 is 0. The predicted molar refractivity (Wildman–Crippen MR) is 106 cm³/mol. The van der Waals surface area contributed by atoms with Crippen LogP contribution in [0.4, 0.5) is 0 Å². The topological polar surface area (TPSA) is 60.6 Å². The molecular weight excluding hydrogens is 356 g/mol. The fourth-order valence-corrected chi connectivity index (χ4v) is 5.32. The molecule has 2 aliphatic heterocycles. The van der Waals surface area contributed by atoms with Crippen LogP contribution < -0.4 is 0 Å². The zero-order chi connectivity index (χ0) is 20.1. The van der Waals surface area contributed by atoms with Crippen molar-refractivity contribution in [2.24, 2.45) is 11.3 Å². The molecular formula is C23H34O5. The first-order valence-corrected chi connectivity index (χ1v) is 10.7. The van der Waals surface area contributed by atoms with Crippen LogP contribution in [0.25, 0.3) is 0 Å². The molecule has 5 heteroatoms. The van der Waals surface area contributed by atoms with Gasteiger partial charge in [-0.15, -0.1) is 0 Å². The molecule has 156 valence electrons. The minimum Gasteiger partial charge on any atom is -0.456 e. The van der Waals surface area contributed by atoms with Gasteiger partial charge >= 0.3 is 5.97 Å². The summed E-state index contributed by atoms with van der Waals surface area (Å²) in [4.78, 5) is 12.3. The smallest absolute Gasteiger partial charge is 0.330 e. The third kappa shape index (κ3) is 3.81. The molecule has 0 amide bonds. The Hall–Kier alpha value is -1.17. The molecule has 4 fully saturated rings. The van der Waals surface area contributed by atoms with E-state index in [0.717, 1.165) is 19.3 Å². The number of hydrogen-bond donors (Lipinski definition) is 0. The highest BCUT2D eigenvalue weighted by Crippen LogP contribution is 2.67. The van der Waals surface area contributed by atoms with Crippen molar-refractivity contribution in [3.8, 4) is 0 Å². The fraction of sp³-hybridized carbons (Fsp3) is 0.783. The number of epoxide rings is 2. The van der Waals surface area contributed by atoms with Gasteiger partial charge in [-0.25, -0.2) is 4.79 Å². The minimum atomic E-state index is -0.303. The third-order valence-corrected chi connectivity index (χ3v) is 7.23. The molecule has 7 atom stereocenters. The molecule has 2 unspecified atom stereocenters. The highest BCUT2D eigenvalue weighted by Gasteiger charge is 2.70. The van der Waals surface area contributed by atoms with Crippen LogP contribution in [-0.2, 0) is 23.7 Å². The third-order valence-electron chi connectivity index (χ3n) is 7.23. The lowest BCUT2D eigenvalue weighted by Gasteiger charge is -2.44. The SMILES string of the molecule is CO[C@H]1C(C2(C)O[C@@H]2CC=C(C)C)C2(CC[C@H]1OC(=O)/C=C/[C@H]1O[C@@H]1C)CC2. The lowest BCUT2D eigenvalue weighted by molar-refractivity contribution is -0.167. The summed E-state index contributed by atoms with van der Waals surface area (Å²) in [6, 6.07) is 0. The zero-order valence-electron chi connectivity index (χ0n) is 17.8. The standard InChI is InChI=1S/C23H34O5/c1-14(2)6-8-18-22(4,28-18)21-20(25-5)17(10-11-23(21)12-13-23)27-19(24)9-7-16-15(3)26-16/h6-7,9,15-18,20-21H,8,10-13H2,1-5H3/b9-7+/t15-,16-,17-,18-,20-,21?,22?/m1/s1. The van der Waals surface area contributed by atoms with Gasteiger partial charge in [-0.2, -0.15) is 0 Å². The summed E-state index contributed by atoms with van der Waals surface area (Å²) in [5.41, 5.74) is 1.42. The van der Waals surface area contributed by atoms with Gasteiger partial charge in [0.15, 0.2) is 0 Å². The van der Waals surface area contributed by atoms with E-state index in [0.29, 0.717) is 5.41 Å². The molecule has 4 rings (SSSR count). The van der Waals surface area contributed by atoms with Crippen LogP contribution in [0.15, 0.2) is 23.8 Å². The van der Waals surface area contributed by atoms with Crippen LogP contribution >= 0.6 is 0 Å². The second kappa shape index (κ2) is 7.26. The van der Waals surface area contributed by atoms with Crippen LogP contribution in [0, 0.1) is 11.3 Å². The monoisotopic (exact) mass is 390 g/mol. The first-order valence-electron chi connectivity index (χ1n) is 10.7. The number of hydrogen-bond acceptors (Lipinski definition) is 5. The normalized spacial score (nSPS) is 43.0. The van der Waals surface area contributed by atoms with Crippen LogP contribution in [-0.4, -0.2) is 49.2 Å². The Kier molecular flexibility index (Phi) is 5.22. The predicted octanol–water partition coefficient (Wildman–Crippen LogP) is 3.96. The Morgan fingerprint density at radius 1 is 1.25 bits per heavy atom. The maximum absolute atomic E-state index is 12.3. The Labute approximate surface area is 168 Å². The number of carbonyl (C=O) groups excluding carboxylic acids is 1. The molecule has 0 aromatic heterocycles. The molecule has 2 saturated carbocycles. The van der Waals surface area contributed by atoms with Crippen molar-refractivity contribution in [2.75, 3.05) is 7.11 Å². The molecule has 0 aromatic carbocycles. The lowest BCUT2D eigenvalue weighted by atomic mass is 9.66. The van der Waals surface area contributed by atoms with Gasteiger partial charge in [-0.05, 0) is 71.3 Å². The Morgan fingerprint density at radius 2 is 1.96 bits per heavy atom. The van der Waals surface area contributed by atoms with E-state index in [4.69, 9.17) is 18.9 Å². The molecule has 0 N–H and O–H groups in total. The summed E-state index contributed by atoms with van der Waals surface area (Å²) in [6.07, 6.45) is 11.0. The van der Waals surface area contributed by atoms with Crippen LogP contribution in [0.5, 0.6) is 0 Å². The van der Waals surface area contributed by atoms with Gasteiger partial charge in [-0.1, -0.05) is 11.6 Å². The summed E-state index contributed by atoms with van der Waals surface area (Å²) in [7, 11) is 1.74. The second-order valence-electron chi connectivity index (χ2n) is 9.53. The van der Waals surface area contributed by atoms with E-state index in [1.165, 1.54) is 24.5 Å². The van der Waals surface area contributed by atoms with E-state index in [9.17, 15) is 4.79 Å². The van der Waals surface area contributed by atoms with Crippen molar-refractivity contribution in [1.29, 1.82) is 0 Å². The van der Waals surface area contributed by atoms with Crippen molar-refractivity contribution >= 4 is 5.97 Å². The van der Waals surface area contributed by atoms with Crippen molar-refractivity contribution in [1.82, 2.24) is 0 Å². The zero-order valence-corrected chi connectivity index (χ0v) is 17.8. The first kappa shape index (κ1) is 20.1. The number of ether oxygens (including phenoxy) is 4. The second-order valence-corrected chi connectivity index (χ2v) is 9.53. The van der Waals surface area contributed by atoms with Crippen molar-refractivity contribution in [3.05, 3.63) is 23.8 Å². The van der Waals surface area contributed by atoms with E-state index in [2.05, 4.69) is 26.8 Å². The maximum atomic E-state index is 12.3. The van der Waals surface area contributed by atoms with E-state index in [1.807, 2.05) is 6.92 Å². The summed E-state index contributed by atoms with van der Waals surface area (Å²) in [5.74, 6) is -0.0360. The molecule has 2 aliphatic carbocycles. The summed E-state index contributed by atoms with van der Waals surface area (Å²) in [5, 5.41) is 0. The van der Waals surface area contributed by atoms with Gasteiger partial charge in [0.05, 0.1) is 17.8 Å². The quantitative estimate of drug-likeness (QED) is 0.285. The number of esters is 1. The first-order chi connectivity index (χ1) is 13.3. The van der Waals surface area contributed by atoms with Gasteiger partial charge in [-0.3, -0.25) is 0 Å². The van der Waals surface area contributed by atoms with Gasteiger partial charge in [0.2, 0.25) is 0 Å². The van der Waals surface area contributed by atoms with Gasteiger partial charge in [0, 0.05) is 19.1 Å². The molecule has 5 nitrogen and oxygen atoms in total. The highest BCUT2D eigenvalue weighted by atomic mass is 16.6. The average molecular weight is 391 g/mol. The van der Waals surface area contributed by atoms with E-state index in [-0.39, 0.29) is 48.0 Å². The average Bonchev–Trinajstić information content (AvgIpc) is 3.57. The van der Waals surface area contributed by atoms with E-state index < -0.39 is 0 Å². The highest BCUT2D eigenvalue weighted by molar-refractivity contribution is 5.82. The lowest BCUT2D eigenvalue weighted by Crippen LogP contribution is -2.52. The van der Waals surface area contributed by atoms with Crippen molar-refractivity contribution < 1.29 is 23.7 Å². The number of methoxy groups -OCH3 is 1. The Bertz CT molecular complexity index is 674. The molecule has 0 radical (unpaired) electrons. The Morgan fingerprint density at radius 3 is 2.54 bits per heavy atom. The summed E-state index contributed by atoms with van der Waals surface area (Å²) in [6.45, 7) is 8.46. The van der Waals surface area contributed by atoms with Gasteiger partial charge in [0.25, 0.3) is 0 Å². The number of allylic oxidation sites excluding steroid dienone is 1. The largest absolute Gasteiger partial charge is 0.456 e. The molecule has 28 heavy (non-hydrogen) atoms. The van der Waals surface area contributed by atoms with E-state index in [1.54, 1.807) is 13.2 Å². The van der Waals surface area contributed by atoms with Crippen molar-refractivity contribution in [3.63, 3.8) is 0 Å². The molecule has 2 heterocycles. The summed E-state index contributed by atoms with van der Waals surface area (Å²) < 4.78 is 23.4. The molecule has 2 saturated heterocycles. The molecule has 0 bridgehead atoms. The fourth-order valence-electron chi connectivity index (χ4n) is 5.32. The maximum Gasteiger partial charge on any atom is 0.330 e. The molecule has 4 aliphatic rings. The van der Waals surface area contributed by atoms with Crippen LogP contribution in [0.1, 0.15) is 59.8 Å². The van der Waals surface area contributed by atoms with Gasteiger partial charge < -0.3 is 18.9 Å². The Balaban J connectivity index is 1.45. The minimum absolute atomic E-state index is 0.0502. The number of carbonyl (C=O) groups is 1. The molecule has 1 spiro atoms. The number of rotatable bonds is 7.